The molecule has 2 aromatic rings. The van der Waals surface area contributed by atoms with Gasteiger partial charge < -0.3 is 4.74 Å². The highest BCUT2D eigenvalue weighted by atomic mass is 16.5. The van der Waals surface area contributed by atoms with Crippen molar-refractivity contribution in [3.63, 3.8) is 0 Å². The van der Waals surface area contributed by atoms with E-state index in [4.69, 9.17) is 4.74 Å². The molecule has 1 aliphatic rings. The van der Waals surface area contributed by atoms with E-state index in [2.05, 4.69) is 45.1 Å². The topological polar surface area (TPSA) is 9.23 Å². The van der Waals surface area contributed by atoms with Crippen LogP contribution in [0.25, 0.3) is 0 Å². The maximum Gasteiger partial charge on any atom is 0.144 e. The molecule has 0 bridgehead atoms. The molecule has 1 nitrogen and oxygen atoms in total. The molecule has 0 saturated heterocycles. The van der Waals surface area contributed by atoms with E-state index in [1.165, 1.54) is 47.0 Å². The summed E-state index contributed by atoms with van der Waals surface area (Å²) in [5, 5.41) is 0. The van der Waals surface area contributed by atoms with Gasteiger partial charge in [0.05, 0.1) is 0 Å². The SMILES string of the molecule is Bc1c(C)cc2c(c1OCc1ccccc1)CCC2. The minimum absolute atomic E-state index is 0.664. The first-order valence-corrected chi connectivity index (χ1v) is 7.04. The van der Waals surface area contributed by atoms with Crippen LogP contribution in [0, 0.1) is 6.92 Å². The fraction of sp³-hybridized carbons (Fsp3) is 0.294. The molecule has 3 rings (SSSR count). The van der Waals surface area contributed by atoms with Gasteiger partial charge in [-0.2, -0.15) is 0 Å². The zero-order valence-corrected chi connectivity index (χ0v) is 11.7. The molecule has 19 heavy (non-hydrogen) atoms. The van der Waals surface area contributed by atoms with E-state index >= 15 is 0 Å². The first-order chi connectivity index (χ1) is 9.25. The van der Waals surface area contributed by atoms with E-state index in [-0.39, 0.29) is 0 Å². The predicted molar refractivity (Wildman–Crippen MR) is 82.2 cm³/mol. The molecular weight excluding hydrogens is 231 g/mol. The second kappa shape index (κ2) is 5.12. The smallest absolute Gasteiger partial charge is 0.144 e. The molecule has 2 heteroatoms. The Bertz CT molecular complexity index is 590. The third-order valence-electron chi connectivity index (χ3n) is 4.08. The van der Waals surface area contributed by atoms with Crippen LogP contribution in [0.5, 0.6) is 5.75 Å². The number of benzene rings is 2. The lowest BCUT2D eigenvalue weighted by atomic mass is 9.86. The van der Waals surface area contributed by atoms with Crippen molar-refractivity contribution in [3.05, 3.63) is 58.7 Å². The minimum atomic E-state index is 0.664. The second-order valence-electron chi connectivity index (χ2n) is 5.41. The average Bonchev–Trinajstić information content (AvgIpc) is 2.88. The van der Waals surface area contributed by atoms with Gasteiger partial charge in [-0.1, -0.05) is 42.0 Å². The van der Waals surface area contributed by atoms with Crippen molar-refractivity contribution in [2.45, 2.75) is 32.8 Å². The molecular formula is C17H19BO. The summed E-state index contributed by atoms with van der Waals surface area (Å²) in [6.07, 6.45) is 3.64. The predicted octanol–water partition coefficient (Wildman–Crippen LogP) is 2.32. The summed E-state index contributed by atoms with van der Waals surface area (Å²) in [6.45, 7) is 2.85. The van der Waals surface area contributed by atoms with Crippen LogP contribution in [-0.2, 0) is 19.4 Å². The van der Waals surface area contributed by atoms with Crippen molar-refractivity contribution in [2.24, 2.45) is 0 Å². The van der Waals surface area contributed by atoms with Gasteiger partial charge in [-0.15, -0.1) is 0 Å². The molecule has 0 N–H and O–H groups in total. The molecule has 0 amide bonds. The van der Waals surface area contributed by atoms with Gasteiger partial charge in [0.1, 0.15) is 20.2 Å². The van der Waals surface area contributed by atoms with E-state index < -0.39 is 0 Å². The fourth-order valence-corrected chi connectivity index (χ4v) is 2.89. The number of fused-ring (bicyclic) bond motifs is 1. The van der Waals surface area contributed by atoms with Gasteiger partial charge >= 0.3 is 0 Å². The number of hydrogen-bond donors (Lipinski definition) is 0. The summed E-state index contributed by atoms with van der Waals surface area (Å²) in [7, 11) is 2.17. The molecule has 1 aliphatic carbocycles. The third kappa shape index (κ3) is 2.40. The van der Waals surface area contributed by atoms with Crippen molar-refractivity contribution in [3.8, 4) is 5.75 Å². The molecule has 0 radical (unpaired) electrons. The van der Waals surface area contributed by atoms with E-state index in [0.29, 0.717) is 6.61 Å². The van der Waals surface area contributed by atoms with E-state index in [1.807, 2.05) is 6.07 Å². The zero-order valence-electron chi connectivity index (χ0n) is 11.7. The summed E-state index contributed by atoms with van der Waals surface area (Å²) < 4.78 is 6.15. The summed E-state index contributed by atoms with van der Waals surface area (Å²) in [4.78, 5) is 0. The number of rotatable bonds is 3. The van der Waals surface area contributed by atoms with E-state index in [9.17, 15) is 0 Å². The minimum Gasteiger partial charge on any atom is -0.489 e. The van der Waals surface area contributed by atoms with Gasteiger partial charge in [0.25, 0.3) is 0 Å². The van der Waals surface area contributed by atoms with E-state index in [1.54, 1.807) is 0 Å². The maximum absolute atomic E-state index is 6.15. The van der Waals surface area contributed by atoms with Crippen LogP contribution in [0.2, 0.25) is 0 Å². The summed E-state index contributed by atoms with van der Waals surface area (Å²) in [5.74, 6) is 1.14. The van der Waals surface area contributed by atoms with Crippen LogP contribution in [-0.4, -0.2) is 7.85 Å². The van der Waals surface area contributed by atoms with Crippen LogP contribution >= 0.6 is 0 Å². The Hall–Kier alpha value is -1.70. The number of aryl methyl sites for hydroxylation is 2. The van der Waals surface area contributed by atoms with E-state index in [0.717, 1.165) is 5.75 Å². The highest BCUT2D eigenvalue weighted by Crippen LogP contribution is 2.30. The number of ether oxygens (including phenoxy) is 1. The third-order valence-corrected chi connectivity index (χ3v) is 4.08. The molecule has 0 aromatic heterocycles. The first-order valence-electron chi connectivity index (χ1n) is 7.04. The monoisotopic (exact) mass is 250 g/mol. The van der Waals surface area contributed by atoms with Crippen LogP contribution in [0.3, 0.4) is 0 Å². The van der Waals surface area contributed by atoms with Gasteiger partial charge in [-0.25, -0.2) is 0 Å². The van der Waals surface area contributed by atoms with Crippen molar-refractivity contribution in [2.75, 3.05) is 0 Å². The summed E-state index contributed by atoms with van der Waals surface area (Å²) in [5.41, 5.74) is 6.82. The molecule has 96 valence electrons. The molecule has 0 aliphatic heterocycles. The lowest BCUT2D eigenvalue weighted by Gasteiger charge is -2.16. The normalized spacial score (nSPS) is 13.3. The molecule has 0 atom stereocenters. The van der Waals surface area contributed by atoms with Crippen LogP contribution in [0.4, 0.5) is 0 Å². The van der Waals surface area contributed by atoms with Gasteiger partial charge in [0, 0.05) is 0 Å². The van der Waals surface area contributed by atoms with Crippen molar-refractivity contribution >= 4 is 13.3 Å². The standard InChI is InChI=1S/C17H19BO/c1-12-10-14-8-5-9-15(14)17(16(12)18)19-11-13-6-3-2-4-7-13/h2-4,6-7,10H,5,8-9,11,18H2,1H3. The highest BCUT2D eigenvalue weighted by Gasteiger charge is 2.19. The lowest BCUT2D eigenvalue weighted by molar-refractivity contribution is 0.306. The Labute approximate surface area is 116 Å². The number of hydrogen-bond acceptors (Lipinski definition) is 1. The molecule has 0 unspecified atom stereocenters. The Morgan fingerprint density at radius 3 is 2.74 bits per heavy atom. The van der Waals surface area contributed by atoms with Gasteiger partial charge in [-0.05, 0) is 48.3 Å². The first kappa shape index (κ1) is 12.3. The Morgan fingerprint density at radius 2 is 1.95 bits per heavy atom. The summed E-state index contributed by atoms with van der Waals surface area (Å²) in [6, 6.07) is 12.7. The van der Waals surface area contributed by atoms with Crippen LogP contribution in [0.15, 0.2) is 36.4 Å². The van der Waals surface area contributed by atoms with Crippen molar-refractivity contribution < 1.29 is 4.74 Å². The highest BCUT2D eigenvalue weighted by molar-refractivity contribution is 6.35. The van der Waals surface area contributed by atoms with Gasteiger partial charge in [0.15, 0.2) is 0 Å². The van der Waals surface area contributed by atoms with Crippen molar-refractivity contribution in [1.29, 1.82) is 0 Å². The van der Waals surface area contributed by atoms with Crippen LogP contribution in [0.1, 0.15) is 28.7 Å². The molecule has 0 heterocycles. The maximum atomic E-state index is 6.15. The van der Waals surface area contributed by atoms with Crippen LogP contribution < -0.4 is 10.2 Å². The molecule has 0 saturated carbocycles. The second-order valence-corrected chi connectivity index (χ2v) is 5.41. The van der Waals surface area contributed by atoms with Gasteiger partial charge in [-0.3, -0.25) is 0 Å². The Balaban J connectivity index is 1.89. The lowest BCUT2D eigenvalue weighted by Crippen LogP contribution is -2.15. The zero-order chi connectivity index (χ0) is 13.2. The van der Waals surface area contributed by atoms with Crippen molar-refractivity contribution in [1.82, 2.24) is 0 Å². The summed E-state index contributed by atoms with van der Waals surface area (Å²) >= 11 is 0. The molecule has 0 fully saturated rings. The van der Waals surface area contributed by atoms with Gasteiger partial charge in [0.2, 0.25) is 0 Å². The Morgan fingerprint density at radius 1 is 1.16 bits per heavy atom. The molecule has 0 spiro atoms. The Kier molecular flexibility index (Phi) is 3.33. The molecule has 2 aromatic carbocycles. The largest absolute Gasteiger partial charge is 0.489 e. The quantitative estimate of drug-likeness (QED) is 0.759. The fourth-order valence-electron chi connectivity index (χ4n) is 2.89. The average molecular weight is 250 g/mol.